The number of aromatic nitrogens is 4. The van der Waals surface area contributed by atoms with E-state index < -0.39 is 24.3 Å². The maximum Gasteiger partial charge on any atom is 0.407 e. The summed E-state index contributed by atoms with van der Waals surface area (Å²) < 4.78 is 16.2. The molecule has 6 atom stereocenters. The minimum absolute atomic E-state index is 0.0117. The fourth-order valence-electron chi connectivity index (χ4n) is 10.0. The summed E-state index contributed by atoms with van der Waals surface area (Å²) in [6.07, 6.45) is 4.09. The molecule has 2 saturated heterocycles. The molecule has 15 heteroatoms. The van der Waals surface area contributed by atoms with Crippen molar-refractivity contribution in [2.45, 2.75) is 129 Å². The van der Waals surface area contributed by atoms with E-state index in [4.69, 9.17) is 24.2 Å². The van der Waals surface area contributed by atoms with Gasteiger partial charge in [0.1, 0.15) is 36.1 Å². The lowest BCUT2D eigenvalue weighted by Crippen LogP contribution is -2.52. The number of carbonyl (C=O) groups excluding carboxylic acids is 4. The second kappa shape index (κ2) is 16.5. The zero-order chi connectivity index (χ0) is 44.4. The van der Waals surface area contributed by atoms with Crippen LogP contribution in [-0.2, 0) is 25.7 Å². The first-order valence-electron chi connectivity index (χ1n) is 22.4. The summed E-state index contributed by atoms with van der Waals surface area (Å²) in [6, 6.07) is 12.9. The van der Waals surface area contributed by atoms with Crippen molar-refractivity contribution in [2.24, 2.45) is 11.8 Å². The van der Waals surface area contributed by atoms with Gasteiger partial charge in [0.15, 0.2) is 0 Å². The van der Waals surface area contributed by atoms with E-state index in [0.29, 0.717) is 12.5 Å². The van der Waals surface area contributed by atoms with Crippen molar-refractivity contribution in [3.05, 3.63) is 65.4 Å². The number of ether oxygens (including phenoxy) is 3. The number of benzene rings is 3. The first-order valence-corrected chi connectivity index (χ1v) is 22.4. The third-order valence-electron chi connectivity index (χ3n) is 13.6. The standard InChI is InChI=1S/C48H58N8O7/c1-23(2)38(53-47(59)61-7)45(57)55-25(5)9-17-35(55)43-49-34-16-14-28-20-33-31-15-13-29(19-30(31)22-63-37(33)21-32(28)42(34)52-43)41-40(27-11-12-27)50-44(51-41)36-18-10-26(6)56(36)46(58)39(24(3)4)54-48(60)62-8/h13-16,19-21,23-27,35-36,38-39H,9-12,17-18,22H2,1-8H3,(H,49,52)(H,50,51)(H,53,59)(H,54,60)/t25-,26-,35-,36-,38-,39-/m0/s1. The molecule has 1 saturated carbocycles. The predicted octanol–water partition coefficient (Wildman–Crippen LogP) is 8.41. The molecule has 0 radical (unpaired) electrons. The average molecular weight is 859 g/mol. The maximum atomic E-state index is 14.1. The summed E-state index contributed by atoms with van der Waals surface area (Å²) in [5.74, 6) is 2.12. The summed E-state index contributed by atoms with van der Waals surface area (Å²) in [6.45, 7) is 12.2. The number of fused-ring (bicyclic) bond motifs is 6. The van der Waals surface area contributed by atoms with Crippen LogP contribution in [0.1, 0.15) is 121 Å². The monoisotopic (exact) mass is 858 g/mol. The van der Waals surface area contributed by atoms with E-state index in [0.717, 1.165) is 111 Å². The molecule has 2 aromatic heterocycles. The number of rotatable bonds is 10. The molecule has 63 heavy (non-hydrogen) atoms. The molecule has 3 aromatic carbocycles. The van der Waals surface area contributed by atoms with Crippen LogP contribution in [0.5, 0.6) is 5.75 Å². The van der Waals surface area contributed by atoms with Crippen molar-refractivity contribution in [3.63, 3.8) is 0 Å². The highest BCUT2D eigenvalue weighted by atomic mass is 16.5. The van der Waals surface area contributed by atoms with Crippen LogP contribution in [0.4, 0.5) is 9.59 Å². The van der Waals surface area contributed by atoms with Crippen LogP contribution in [0.3, 0.4) is 0 Å². The Hall–Kier alpha value is -6.12. The number of likely N-dealkylation sites (tertiary alicyclic amines) is 2. The maximum absolute atomic E-state index is 14.1. The Morgan fingerprint density at radius 2 is 1.33 bits per heavy atom. The molecule has 0 bridgehead atoms. The molecule has 4 N–H and O–H groups in total. The first kappa shape index (κ1) is 42.2. The molecule has 332 valence electrons. The summed E-state index contributed by atoms with van der Waals surface area (Å²) in [4.78, 5) is 73.9. The molecule has 5 aromatic rings. The number of amides is 4. The van der Waals surface area contributed by atoms with Crippen LogP contribution < -0.4 is 15.4 Å². The largest absolute Gasteiger partial charge is 0.488 e. The van der Waals surface area contributed by atoms with Gasteiger partial charge in [-0.3, -0.25) is 9.59 Å². The number of H-pyrrole nitrogens is 2. The lowest BCUT2D eigenvalue weighted by atomic mass is 9.92. The van der Waals surface area contributed by atoms with Crippen LogP contribution >= 0.6 is 0 Å². The molecule has 0 unspecified atom stereocenters. The van der Waals surface area contributed by atoms with Crippen molar-refractivity contribution in [3.8, 4) is 28.1 Å². The fourth-order valence-corrected chi connectivity index (χ4v) is 10.0. The van der Waals surface area contributed by atoms with Crippen LogP contribution in [0.15, 0.2) is 42.5 Å². The Kier molecular flexibility index (Phi) is 11.1. The zero-order valence-corrected chi connectivity index (χ0v) is 37.3. The average Bonchev–Trinajstić information content (AvgIpc) is 3.55. The van der Waals surface area contributed by atoms with E-state index in [-0.39, 0.29) is 47.8 Å². The van der Waals surface area contributed by atoms with Gasteiger partial charge in [0.2, 0.25) is 11.8 Å². The predicted molar refractivity (Wildman–Crippen MR) is 238 cm³/mol. The highest BCUT2D eigenvalue weighted by Crippen LogP contribution is 2.48. The fraction of sp³-hybridized carbons (Fsp3) is 0.500. The molecule has 4 amide bonds. The summed E-state index contributed by atoms with van der Waals surface area (Å²) in [5.41, 5.74) is 7.87. The smallest absolute Gasteiger partial charge is 0.407 e. The van der Waals surface area contributed by atoms with Crippen LogP contribution in [0.2, 0.25) is 0 Å². The number of methoxy groups -OCH3 is 2. The zero-order valence-electron chi connectivity index (χ0n) is 37.3. The highest BCUT2D eigenvalue weighted by Gasteiger charge is 2.44. The summed E-state index contributed by atoms with van der Waals surface area (Å²) in [7, 11) is 2.60. The third kappa shape index (κ3) is 7.62. The Balaban J connectivity index is 1.00. The van der Waals surface area contributed by atoms with Crippen molar-refractivity contribution < 1.29 is 33.4 Å². The summed E-state index contributed by atoms with van der Waals surface area (Å²) in [5, 5.41) is 7.49. The molecular formula is C48H58N8O7. The molecule has 4 aliphatic rings. The molecule has 5 heterocycles. The van der Waals surface area contributed by atoms with Crippen molar-refractivity contribution in [1.82, 2.24) is 40.4 Å². The quantitative estimate of drug-likeness (QED) is 0.107. The van der Waals surface area contributed by atoms with Gasteiger partial charge in [-0.2, -0.15) is 0 Å². The number of imidazole rings is 2. The van der Waals surface area contributed by atoms with E-state index in [9.17, 15) is 19.2 Å². The molecule has 1 aliphatic carbocycles. The number of nitrogens with one attached hydrogen (secondary N) is 4. The van der Waals surface area contributed by atoms with Crippen LogP contribution in [0, 0.1) is 11.8 Å². The Labute approximate surface area is 367 Å². The van der Waals surface area contributed by atoms with Crippen molar-refractivity contribution in [1.29, 1.82) is 0 Å². The second-order valence-electron chi connectivity index (χ2n) is 18.6. The molecule has 3 fully saturated rings. The van der Waals surface area contributed by atoms with E-state index in [2.05, 4.69) is 63.9 Å². The van der Waals surface area contributed by atoms with Gasteiger partial charge in [0.25, 0.3) is 0 Å². The van der Waals surface area contributed by atoms with Gasteiger partial charge in [-0.05, 0) is 105 Å². The van der Waals surface area contributed by atoms with Crippen LogP contribution in [-0.4, -0.2) is 92.1 Å². The SMILES string of the molecule is COC(=O)N[C@H](C(=O)N1[C@@H](C)CC[C@H]1c1nc(-c2ccc3c(c2)COc2cc4c(ccc5[nH]c([C@@H]6CC[C@H](C)N6C(=O)[C@@H](NC(=O)OC)C(C)C)nc54)cc2-3)c(C2CC2)[nH]1)C(C)C. The molecule has 0 spiro atoms. The van der Waals surface area contributed by atoms with Crippen LogP contribution in [0.25, 0.3) is 44.2 Å². The van der Waals surface area contributed by atoms with E-state index >= 15 is 0 Å². The lowest BCUT2D eigenvalue weighted by molar-refractivity contribution is -0.138. The van der Waals surface area contributed by atoms with Gasteiger partial charge in [-0.25, -0.2) is 19.6 Å². The van der Waals surface area contributed by atoms with E-state index in [1.165, 1.54) is 14.2 Å². The van der Waals surface area contributed by atoms with E-state index in [1.54, 1.807) is 0 Å². The van der Waals surface area contributed by atoms with Crippen molar-refractivity contribution >= 4 is 45.8 Å². The van der Waals surface area contributed by atoms with Gasteiger partial charge < -0.3 is 44.6 Å². The van der Waals surface area contributed by atoms with Gasteiger partial charge in [0, 0.05) is 40.2 Å². The first-order chi connectivity index (χ1) is 30.3. The number of hydrogen-bond acceptors (Lipinski definition) is 9. The number of hydrogen-bond donors (Lipinski definition) is 4. The summed E-state index contributed by atoms with van der Waals surface area (Å²) >= 11 is 0. The van der Waals surface area contributed by atoms with E-state index in [1.807, 2.05) is 50.5 Å². The topological polar surface area (TPSA) is 184 Å². The number of alkyl carbamates (subject to hydrolysis) is 2. The number of nitrogens with zero attached hydrogens (tertiary/aromatic N) is 4. The Bertz CT molecular complexity index is 2610. The van der Waals surface area contributed by atoms with Gasteiger partial charge >= 0.3 is 12.2 Å². The second-order valence-corrected chi connectivity index (χ2v) is 18.6. The molecular weight excluding hydrogens is 801 g/mol. The normalized spacial score (nSPS) is 21.6. The number of carbonyl (C=O) groups is 4. The van der Waals surface area contributed by atoms with Gasteiger partial charge in [0.05, 0.1) is 43.0 Å². The molecule has 9 rings (SSSR count). The third-order valence-corrected chi connectivity index (χ3v) is 13.6. The minimum atomic E-state index is -0.726. The highest BCUT2D eigenvalue weighted by molar-refractivity contribution is 6.07. The minimum Gasteiger partial charge on any atom is -0.488 e. The molecule has 3 aliphatic heterocycles. The van der Waals surface area contributed by atoms with Gasteiger partial charge in [-0.15, -0.1) is 0 Å². The number of aromatic amines is 2. The van der Waals surface area contributed by atoms with Gasteiger partial charge in [-0.1, -0.05) is 45.9 Å². The Morgan fingerprint density at radius 1 is 0.730 bits per heavy atom. The molecule has 15 nitrogen and oxygen atoms in total. The lowest BCUT2D eigenvalue weighted by Gasteiger charge is -2.32. The van der Waals surface area contributed by atoms with Crippen molar-refractivity contribution in [2.75, 3.05) is 14.2 Å². The Morgan fingerprint density at radius 3 is 1.90 bits per heavy atom.